The molecule has 5 heteroatoms. The van der Waals surface area contributed by atoms with Crippen molar-refractivity contribution in [3.05, 3.63) is 95.1 Å². The molecule has 4 aromatic carbocycles. The Bertz CT molecular complexity index is 1490. The molecule has 0 aromatic heterocycles. The maximum Gasteiger partial charge on any atom is 0.223 e. The van der Waals surface area contributed by atoms with Gasteiger partial charge < -0.3 is 4.74 Å². The minimum atomic E-state index is 0.225. The molecular formula is C25H16N4O. The van der Waals surface area contributed by atoms with Gasteiger partial charge >= 0.3 is 0 Å². The van der Waals surface area contributed by atoms with Crippen LogP contribution in [-0.2, 0) is 4.74 Å². The summed E-state index contributed by atoms with van der Waals surface area (Å²) in [7, 11) is 1.62. The van der Waals surface area contributed by atoms with Crippen molar-refractivity contribution in [3.8, 4) is 0 Å². The smallest absolute Gasteiger partial charge is 0.223 e. The van der Waals surface area contributed by atoms with E-state index in [1.165, 1.54) is 0 Å². The van der Waals surface area contributed by atoms with Gasteiger partial charge in [-0.3, -0.25) is 5.41 Å². The summed E-state index contributed by atoms with van der Waals surface area (Å²) < 4.78 is 5.52. The van der Waals surface area contributed by atoms with Crippen molar-refractivity contribution >= 4 is 44.9 Å². The number of nitrogens with zero attached hydrogens (tertiary/aromatic N) is 3. The summed E-state index contributed by atoms with van der Waals surface area (Å²) in [6, 6.07) is 24.5. The maximum atomic E-state index is 8.32. The number of benzene rings is 4. The molecule has 142 valence electrons. The monoisotopic (exact) mass is 388 g/mol. The Labute approximate surface area is 172 Å². The van der Waals surface area contributed by atoms with Gasteiger partial charge in [-0.05, 0) is 45.8 Å². The van der Waals surface area contributed by atoms with Gasteiger partial charge in [0.1, 0.15) is 0 Å². The molecule has 6 rings (SSSR count). The molecule has 1 N–H and O–H groups in total. The zero-order chi connectivity index (χ0) is 20.2. The standard InChI is InChI=1S/C25H16N4O/c1-30-25-21-13-17-9-5-4-8-16(17)12-20(21)24(29-25)28-23-19-11-15-7-3-2-6-14(15)10-18(19)22(26)27-23/h2-13,26H,1H3. The molecule has 0 fully saturated rings. The number of aliphatic imine (C=N–C) groups is 3. The molecule has 4 aromatic rings. The predicted molar refractivity (Wildman–Crippen MR) is 121 cm³/mol. The second-order valence-electron chi connectivity index (χ2n) is 7.33. The summed E-state index contributed by atoms with van der Waals surface area (Å²) in [6.45, 7) is 0. The number of methoxy groups -OCH3 is 1. The zero-order valence-corrected chi connectivity index (χ0v) is 16.2. The van der Waals surface area contributed by atoms with E-state index in [1.54, 1.807) is 7.11 Å². The fourth-order valence-corrected chi connectivity index (χ4v) is 4.09. The van der Waals surface area contributed by atoms with Gasteiger partial charge in [-0.1, -0.05) is 48.5 Å². The van der Waals surface area contributed by atoms with Gasteiger partial charge in [0.2, 0.25) is 5.90 Å². The van der Waals surface area contributed by atoms with Crippen LogP contribution >= 0.6 is 0 Å². The minimum absolute atomic E-state index is 0.225. The van der Waals surface area contributed by atoms with E-state index >= 15 is 0 Å². The summed E-state index contributed by atoms with van der Waals surface area (Å²) in [4.78, 5) is 13.8. The number of rotatable bonds is 0. The van der Waals surface area contributed by atoms with Crippen molar-refractivity contribution < 1.29 is 4.74 Å². The molecule has 0 spiro atoms. The molecule has 0 saturated heterocycles. The third-order valence-electron chi connectivity index (χ3n) is 5.57. The van der Waals surface area contributed by atoms with Crippen LogP contribution in [-0.4, -0.2) is 30.5 Å². The molecule has 2 aliphatic rings. The Morgan fingerprint density at radius 3 is 1.83 bits per heavy atom. The van der Waals surface area contributed by atoms with E-state index in [2.05, 4.69) is 40.3 Å². The molecule has 5 nitrogen and oxygen atoms in total. The highest BCUT2D eigenvalue weighted by molar-refractivity contribution is 6.29. The number of nitrogens with one attached hydrogen (secondary N) is 1. The van der Waals surface area contributed by atoms with Gasteiger partial charge in [0.25, 0.3) is 0 Å². The van der Waals surface area contributed by atoms with E-state index in [-0.39, 0.29) is 5.84 Å². The lowest BCUT2D eigenvalue weighted by Crippen LogP contribution is -2.02. The SMILES string of the molecule is COC1=NC(=NC2=NC(=N)c3cc4ccccc4cc32)c2cc3ccccc3cc21. The van der Waals surface area contributed by atoms with E-state index in [1.807, 2.05) is 42.5 Å². The molecule has 0 aliphatic carbocycles. The number of fused-ring (bicyclic) bond motifs is 4. The molecule has 30 heavy (non-hydrogen) atoms. The average molecular weight is 388 g/mol. The van der Waals surface area contributed by atoms with Crippen LogP contribution in [0.4, 0.5) is 0 Å². The summed E-state index contributed by atoms with van der Waals surface area (Å²) >= 11 is 0. The fraction of sp³-hybridized carbons (Fsp3) is 0.0400. The third kappa shape index (κ3) is 2.42. The highest BCUT2D eigenvalue weighted by atomic mass is 16.5. The molecule has 0 amide bonds. The van der Waals surface area contributed by atoms with Crippen LogP contribution in [0.5, 0.6) is 0 Å². The van der Waals surface area contributed by atoms with E-state index < -0.39 is 0 Å². The first kappa shape index (κ1) is 16.8. The van der Waals surface area contributed by atoms with Gasteiger partial charge in [0.05, 0.1) is 7.11 Å². The van der Waals surface area contributed by atoms with Gasteiger partial charge in [0, 0.05) is 22.3 Å². The van der Waals surface area contributed by atoms with Gasteiger partial charge in [-0.2, -0.15) is 4.99 Å². The van der Waals surface area contributed by atoms with Crippen LogP contribution in [0.2, 0.25) is 0 Å². The first-order chi connectivity index (χ1) is 14.7. The number of ether oxygens (including phenoxy) is 1. The van der Waals surface area contributed by atoms with Crippen LogP contribution in [0.15, 0.2) is 87.8 Å². The first-order valence-electron chi connectivity index (χ1n) is 9.67. The summed E-state index contributed by atoms with van der Waals surface area (Å²) in [5.74, 6) is 1.83. The lowest BCUT2D eigenvalue weighted by atomic mass is 10.0. The number of hydrogen-bond donors (Lipinski definition) is 1. The van der Waals surface area contributed by atoms with Crippen LogP contribution in [0, 0.1) is 5.41 Å². The van der Waals surface area contributed by atoms with Crippen LogP contribution in [0.25, 0.3) is 21.5 Å². The van der Waals surface area contributed by atoms with E-state index in [0.29, 0.717) is 17.6 Å². The summed E-state index contributed by atoms with van der Waals surface area (Å²) in [5, 5.41) is 12.7. The number of amidine groups is 3. The molecule has 2 aliphatic heterocycles. The van der Waals surface area contributed by atoms with Crippen molar-refractivity contribution in [2.75, 3.05) is 7.11 Å². The quantitative estimate of drug-likeness (QED) is 0.456. The fourth-order valence-electron chi connectivity index (χ4n) is 4.09. The Kier molecular flexibility index (Phi) is 3.47. The highest BCUT2D eigenvalue weighted by Crippen LogP contribution is 2.29. The molecular weight excluding hydrogens is 372 g/mol. The van der Waals surface area contributed by atoms with Gasteiger partial charge in [0.15, 0.2) is 17.5 Å². The van der Waals surface area contributed by atoms with E-state index in [4.69, 9.17) is 15.1 Å². The van der Waals surface area contributed by atoms with Gasteiger partial charge in [-0.25, -0.2) is 9.98 Å². The topological polar surface area (TPSA) is 70.2 Å². The molecule has 2 heterocycles. The Hall–Kier alpha value is -4.12. The highest BCUT2D eigenvalue weighted by Gasteiger charge is 2.26. The van der Waals surface area contributed by atoms with Crippen molar-refractivity contribution in [1.82, 2.24) is 0 Å². The Morgan fingerprint density at radius 1 is 0.700 bits per heavy atom. The Morgan fingerprint density at radius 2 is 1.23 bits per heavy atom. The summed E-state index contributed by atoms with van der Waals surface area (Å²) in [6.07, 6.45) is 0. The van der Waals surface area contributed by atoms with Crippen LogP contribution < -0.4 is 0 Å². The largest absolute Gasteiger partial charge is 0.480 e. The lowest BCUT2D eigenvalue weighted by molar-refractivity contribution is 0.406. The number of hydrogen-bond acceptors (Lipinski definition) is 3. The van der Waals surface area contributed by atoms with Crippen molar-refractivity contribution in [2.24, 2.45) is 15.0 Å². The Balaban J connectivity index is 1.53. The summed E-state index contributed by atoms with van der Waals surface area (Å²) in [5.41, 5.74) is 3.48. The second-order valence-corrected chi connectivity index (χ2v) is 7.33. The van der Waals surface area contributed by atoms with Crippen molar-refractivity contribution in [3.63, 3.8) is 0 Å². The van der Waals surface area contributed by atoms with Crippen molar-refractivity contribution in [1.29, 1.82) is 5.41 Å². The maximum absolute atomic E-state index is 8.32. The third-order valence-corrected chi connectivity index (χ3v) is 5.57. The minimum Gasteiger partial charge on any atom is -0.480 e. The molecule has 0 saturated carbocycles. The van der Waals surface area contributed by atoms with E-state index in [9.17, 15) is 0 Å². The van der Waals surface area contributed by atoms with E-state index in [0.717, 1.165) is 43.8 Å². The second kappa shape index (κ2) is 6.19. The van der Waals surface area contributed by atoms with Gasteiger partial charge in [-0.15, -0.1) is 0 Å². The van der Waals surface area contributed by atoms with Crippen molar-refractivity contribution in [2.45, 2.75) is 0 Å². The first-order valence-corrected chi connectivity index (χ1v) is 9.67. The molecule has 0 radical (unpaired) electrons. The zero-order valence-electron chi connectivity index (χ0n) is 16.2. The molecule has 0 atom stereocenters. The van der Waals surface area contributed by atoms with Crippen LogP contribution in [0.1, 0.15) is 22.3 Å². The average Bonchev–Trinajstić information content (AvgIpc) is 3.27. The molecule has 0 unspecified atom stereocenters. The molecule has 0 bridgehead atoms. The van der Waals surface area contributed by atoms with Crippen LogP contribution in [0.3, 0.4) is 0 Å². The predicted octanol–water partition coefficient (Wildman–Crippen LogP) is 4.93. The normalized spacial score (nSPS) is 16.0. The lowest BCUT2D eigenvalue weighted by Gasteiger charge is -2.05.